The Kier molecular flexibility index (Phi) is 1.86. The minimum absolute atomic E-state index is 0.0521. The van der Waals surface area contributed by atoms with E-state index >= 15 is 0 Å². The summed E-state index contributed by atoms with van der Waals surface area (Å²) in [7, 11) is -2.85. The molecule has 0 spiro atoms. The first kappa shape index (κ1) is 7.79. The van der Waals surface area contributed by atoms with Gasteiger partial charge in [-0.05, 0) is 26.7 Å². The van der Waals surface area contributed by atoms with E-state index in [2.05, 4.69) is 0 Å². The molecule has 1 rings (SSSR count). The van der Waals surface area contributed by atoms with Gasteiger partial charge in [0.05, 0.1) is 5.25 Å². The molecule has 0 aliphatic heterocycles. The molecular weight excluding hydrogens is 148 g/mol. The fourth-order valence-electron chi connectivity index (χ4n) is 0.806. The van der Waals surface area contributed by atoms with Crippen molar-refractivity contribution in [2.45, 2.75) is 31.9 Å². The molecule has 1 saturated carbocycles. The van der Waals surface area contributed by atoms with Crippen LogP contribution in [0.4, 0.5) is 0 Å². The molecule has 0 aromatic rings. The van der Waals surface area contributed by atoms with E-state index in [4.69, 9.17) is 0 Å². The van der Waals surface area contributed by atoms with Crippen LogP contribution in [-0.4, -0.2) is 13.7 Å². The van der Waals surface area contributed by atoms with Crippen LogP contribution in [0.1, 0.15) is 26.7 Å². The van der Waals surface area contributed by atoms with Crippen LogP contribution in [0.2, 0.25) is 0 Å². The molecule has 0 saturated heterocycles. The van der Waals surface area contributed by atoms with E-state index in [1.54, 1.807) is 19.9 Å². The molecular formula is C7H12O2S. The monoisotopic (exact) mass is 160 g/mol. The quantitative estimate of drug-likeness (QED) is 0.613. The predicted octanol–water partition coefficient (Wildman–Crippen LogP) is 1.49. The Morgan fingerprint density at radius 2 is 2.00 bits per heavy atom. The minimum Gasteiger partial charge on any atom is -0.224 e. The van der Waals surface area contributed by atoms with E-state index in [0.29, 0.717) is 4.91 Å². The minimum atomic E-state index is -2.85. The zero-order valence-corrected chi connectivity index (χ0v) is 7.11. The van der Waals surface area contributed by atoms with Crippen molar-refractivity contribution >= 4 is 9.84 Å². The molecule has 0 N–H and O–H groups in total. The van der Waals surface area contributed by atoms with Gasteiger partial charge in [0.1, 0.15) is 0 Å². The molecule has 10 heavy (non-hydrogen) atoms. The molecule has 0 atom stereocenters. The zero-order valence-electron chi connectivity index (χ0n) is 6.29. The van der Waals surface area contributed by atoms with Crippen molar-refractivity contribution in [3.8, 4) is 0 Å². The van der Waals surface area contributed by atoms with Crippen LogP contribution in [-0.2, 0) is 9.84 Å². The van der Waals surface area contributed by atoms with E-state index < -0.39 is 9.84 Å². The van der Waals surface area contributed by atoms with Gasteiger partial charge in [-0.25, -0.2) is 8.42 Å². The van der Waals surface area contributed by atoms with E-state index in [1.165, 1.54) is 0 Å². The van der Waals surface area contributed by atoms with Gasteiger partial charge in [-0.3, -0.25) is 0 Å². The number of allylic oxidation sites excluding steroid dienone is 2. The molecule has 0 heterocycles. The highest BCUT2D eigenvalue weighted by atomic mass is 32.2. The lowest BCUT2D eigenvalue weighted by atomic mass is 10.6. The van der Waals surface area contributed by atoms with Crippen LogP contribution in [0.5, 0.6) is 0 Å². The van der Waals surface area contributed by atoms with Crippen LogP contribution in [0.25, 0.3) is 0 Å². The van der Waals surface area contributed by atoms with Gasteiger partial charge in [-0.1, -0.05) is 6.08 Å². The summed E-state index contributed by atoms with van der Waals surface area (Å²) in [6.45, 7) is 3.42. The number of hydrogen-bond donors (Lipinski definition) is 0. The molecule has 3 heteroatoms. The summed E-state index contributed by atoms with van der Waals surface area (Å²) in [5.74, 6) is 0. The lowest BCUT2D eigenvalue weighted by Crippen LogP contribution is -2.06. The van der Waals surface area contributed by atoms with Gasteiger partial charge in [0.2, 0.25) is 0 Å². The molecule has 1 aliphatic rings. The molecule has 0 aromatic heterocycles. The van der Waals surface area contributed by atoms with Gasteiger partial charge < -0.3 is 0 Å². The summed E-state index contributed by atoms with van der Waals surface area (Å²) in [5, 5.41) is -0.0521. The van der Waals surface area contributed by atoms with Crippen molar-refractivity contribution in [1.29, 1.82) is 0 Å². The Bertz CT molecular complexity index is 245. The summed E-state index contributed by atoms with van der Waals surface area (Å²) >= 11 is 0. The molecule has 0 bridgehead atoms. The summed E-state index contributed by atoms with van der Waals surface area (Å²) in [6.07, 6.45) is 3.37. The van der Waals surface area contributed by atoms with E-state index in [-0.39, 0.29) is 5.25 Å². The van der Waals surface area contributed by atoms with Crippen LogP contribution in [0, 0.1) is 0 Å². The third kappa shape index (κ3) is 1.24. The Morgan fingerprint density at radius 3 is 2.30 bits per heavy atom. The molecule has 2 nitrogen and oxygen atoms in total. The first-order valence-electron chi connectivity index (χ1n) is 3.46. The van der Waals surface area contributed by atoms with Crippen molar-refractivity contribution in [3.63, 3.8) is 0 Å². The normalized spacial score (nSPS) is 21.2. The molecule has 0 aromatic carbocycles. The second-order valence-electron chi connectivity index (χ2n) is 2.64. The van der Waals surface area contributed by atoms with E-state index in [9.17, 15) is 8.42 Å². The Hall–Kier alpha value is -0.310. The van der Waals surface area contributed by atoms with Crippen LogP contribution >= 0.6 is 0 Å². The van der Waals surface area contributed by atoms with Crippen LogP contribution < -0.4 is 0 Å². The van der Waals surface area contributed by atoms with Crippen LogP contribution in [0.15, 0.2) is 11.0 Å². The van der Waals surface area contributed by atoms with Crippen LogP contribution in [0.3, 0.4) is 0 Å². The fraction of sp³-hybridized carbons (Fsp3) is 0.714. The lowest BCUT2D eigenvalue weighted by Gasteiger charge is -1.98. The first-order valence-corrected chi connectivity index (χ1v) is 5.00. The maximum atomic E-state index is 11.3. The maximum Gasteiger partial charge on any atom is 0.176 e. The molecule has 58 valence electrons. The number of hydrogen-bond acceptors (Lipinski definition) is 2. The Morgan fingerprint density at radius 1 is 1.50 bits per heavy atom. The van der Waals surface area contributed by atoms with Crippen molar-refractivity contribution in [3.05, 3.63) is 11.0 Å². The van der Waals surface area contributed by atoms with Crippen molar-refractivity contribution in [2.75, 3.05) is 0 Å². The summed E-state index contributed by atoms with van der Waals surface area (Å²) < 4.78 is 22.5. The molecule has 0 amide bonds. The SMILES string of the molecule is C/C=C(\C)S(=O)(=O)C1CC1. The predicted molar refractivity (Wildman–Crippen MR) is 41.4 cm³/mol. The molecule has 1 fully saturated rings. The molecule has 0 radical (unpaired) electrons. The zero-order chi connectivity index (χ0) is 7.78. The highest BCUT2D eigenvalue weighted by Crippen LogP contribution is 2.32. The fourth-order valence-corrected chi connectivity index (χ4v) is 2.42. The van der Waals surface area contributed by atoms with Gasteiger partial charge in [0.25, 0.3) is 0 Å². The standard InChI is InChI=1S/C7H12O2S/c1-3-6(2)10(8,9)7-4-5-7/h3,7H,4-5H2,1-2H3/b6-3+. The third-order valence-corrected chi connectivity index (χ3v) is 4.30. The van der Waals surface area contributed by atoms with Gasteiger partial charge >= 0.3 is 0 Å². The summed E-state index contributed by atoms with van der Waals surface area (Å²) in [6, 6.07) is 0. The molecule has 0 unspecified atom stereocenters. The maximum absolute atomic E-state index is 11.3. The highest BCUT2D eigenvalue weighted by Gasteiger charge is 2.36. The summed E-state index contributed by atoms with van der Waals surface area (Å²) in [4.78, 5) is 0.523. The average Bonchev–Trinajstić information content (AvgIpc) is 2.66. The second kappa shape index (κ2) is 2.38. The van der Waals surface area contributed by atoms with Crippen molar-refractivity contribution < 1.29 is 8.42 Å². The van der Waals surface area contributed by atoms with Crippen molar-refractivity contribution in [2.24, 2.45) is 0 Å². The highest BCUT2D eigenvalue weighted by molar-refractivity contribution is 7.96. The van der Waals surface area contributed by atoms with Crippen molar-refractivity contribution in [1.82, 2.24) is 0 Å². The second-order valence-corrected chi connectivity index (χ2v) is 5.04. The van der Waals surface area contributed by atoms with E-state index in [0.717, 1.165) is 12.8 Å². The third-order valence-electron chi connectivity index (χ3n) is 1.82. The van der Waals surface area contributed by atoms with Gasteiger partial charge in [-0.2, -0.15) is 0 Å². The summed E-state index contributed by atoms with van der Waals surface area (Å²) in [5.41, 5.74) is 0. The Labute approximate surface area is 61.9 Å². The largest absolute Gasteiger partial charge is 0.224 e. The number of sulfone groups is 1. The average molecular weight is 160 g/mol. The van der Waals surface area contributed by atoms with E-state index in [1.807, 2.05) is 0 Å². The lowest BCUT2D eigenvalue weighted by molar-refractivity contribution is 0.600. The van der Waals surface area contributed by atoms with Gasteiger partial charge in [0.15, 0.2) is 9.84 Å². The topological polar surface area (TPSA) is 34.1 Å². The molecule has 1 aliphatic carbocycles. The smallest absolute Gasteiger partial charge is 0.176 e. The first-order chi connectivity index (χ1) is 4.59. The van der Waals surface area contributed by atoms with Gasteiger partial charge in [-0.15, -0.1) is 0 Å². The Balaban J connectivity index is 2.88. The van der Waals surface area contributed by atoms with Gasteiger partial charge in [0, 0.05) is 4.91 Å². The number of rotatable bonds is 2.